The van der Waals surface area contributed by atoms with Gasteiger partial charge < -0.3 is 15.2 Å². The van der Waals surface area contributed by atoms with Gasteiger partial charge in [0.1, 0.15) is 17.8 Å². The third kappa shape index (κ3) is 3.56. The summed E-state index contributed by atoms with van der Waals surface area (Å²) in [5.41, 5.74) is 6.13. The van der Waals surface area contributed by atoms with Crippen molar-refractivity contribution in [1.82, 2.24) is 10.6 Å². The van der Waals surface area contributed by atoms with Crippen LogP contribution in [0, 0.1) is 5.92 Å². The molecule has 0 spiro atoms. The Morgan fingerprint density at radius 3 is 2.83 bits per heavy atom. The topological polar surface area (TPSA) is 65.9 Å². The summed E-state index contributed by atoms with van der Waals surface area (Å²) >= 11 is 0. The van der Waals surface area contributed by atoms with Crippen molar-refractivity contribution >= 4 is 5.84 Å². The molecule has 4 aliphatic carbocycles. The molecular formula is C24H27N3O2. The Kier molecular flexibility index (Phi) is 4.86. The summed E-state index contributed by atoms with van der Waals surface area (Å²) in [5, 5.41) is 17.2. The minimum atomic E-state index is -0.457. The summed E-state index contributed by atoms with van der Waals surface area (Å²) in [6, 6.07) is 0. The molecule has 0 radical (unpaired) electrons. The second-order valence-electron chi connectivity index (χ2n) is 8.03. The van der Waals surface area contributed by atoms with Crippen LogP contribution in [-0.4, -0.2) is 30.6 Å². The second kappa shape index (κ2) is 7.65. The van der Waals surface area contributed by atoms with Gasteiger partial charge in [-0.1, -0.05) is 48.6 Å². The molecular weight excluding hydrogens is 362 g/mol. The first-order valence-corrected chi connectivity index (χ1v) is 10.4. The van der Waals surface area contributed by atoms with E-state index in [-0.39, 0.29) is 6.17 Å². The number of aliphatic hydroxyl groups is 1. The molecule has 5 rings (SSSR count). The number of nitrogens with one attached hydrogen (secondary N) is 2. The first-order valence-electron chi connectivity index (χ1n) is 10.4. The Morgan fingerprint density at radius 2 is 1.97 bits per heavy atom. The van der Waals surface area contributed by atoms with Gasteiger partial charge in [0, 0.05) is 19.4 Å². The molecule has 0 fully saturated rings. The number of aliphatic hydroxyl groups excluding tert-OH is 1. The SMILES string of the molecule is COC1N=C(C2=C(O)CCC=C2)NC(C2=CCC3C=C4CCC=CC4=CC3=C2)N1. The highest BCUT2D eigenvalue weighted by Crippen LogP contribution is 2.38. The fraction of sp³-hybridized carbons (Fsp3) is 0.375. The first-order chi connectivity index (χ1) is 14.2. The average molecular weight is 389 g/mol. The van der Waals surface area contributed by atoms with E-state index in [4.69, 9.17) is 4.74 Å². The molecule has 0 saturated heterocycles. The third-order valence-electron chi connectivity index (χ3n) is 6.13. The molecule has 3 atom stereocenters. The van der Waals surface area contributed by atoms with Crippen LogP contribution in [0.2, 0.25) is 0 Å². The van der Waals surface area contributed by atoms with Crippen molar-refractivity contribution in [3.05, 3.63) is 82.2 Å². The lowest BCUT2D eigenvalue weighted by Gasteiger charge is -2.34. The van der Waals surface area contributed by atoms with E-state index < -0.39 is 6.35 Å². The number of hydrogen-bond donors (Lipinski definition) is 3. The van der Waals surface area contributed by atoms with Gasteiger partial charge in [0.2, 0.25) is 6.35 Å². The lowest BCUT2D eigenvalue weighted by molar-refractivity contribution is 0.0670. The van der Waals surface area contributed by atoms with Crippen LogP contribution >= 0.6 is 0 Å². The van der Waals surface area contributed by atoms with Gasteiger partial charge in [0.25, 0.3) is 0 Å². The first kappa shape index (κ1) is 18.4. The number of rotatable bonds is 3. The van der Waals surface area contributed by atoms with Gasteiger partial charge in [0.15, 0.2) is 0 Å². The lowest BCUT2D eigenvalue weighted by atomic mass is 9.78. The maximum Gasteiger partial charge on any atom is 0.208 e. The number of nitrogens with zero attached hydrogens (tertiary/aromatic N) is 1. The van der Waals surface area contributed by atoms with Crippen molar-refractivity contribution in [1.29, 1.82) is 0 Å². The van der Waals surface area contributed by atoms with Crippen LogP contribution in [0.15, 0.2) is 87.2 Å². The number of hydrogen-bond acceptors (Lipinski definition) is 5. The van der Waals surface area contributed by atoms with E-state index in [0.29, 0.717) is 23.9 Å². The van der Waals surface area contributed by atoms with Crippen LogP contribution < -0.4 is 10.6 Å². The molecule has 0 saturated carbocycles. The summed E-state index contributed by atoms with van der Waals surface area (Å²) in [6.07, 6.45) is 22.1. The van der Waals surface area contributed by atoms with Crippen LogP contribution in [0.5, 0.6) is 0 Å². The van der Waals surface area contributed by atoms with Gasteiger partial charge in [0.05, 0.1) is 5.57 Å². The van der Waals surface area contributed by atoms with Crippen LogP contribution in [0.1, 0.15) is 32.1 Å². The zero-order valence-corrected chi connectivity index (χ0v) is 16.7. The van der Waals surface area contributed by atoms with E-state index in [2.05, 4.69) is 58.2 Å². The van der Waals surface area contributed by atoms with Crippen molar-refractivity contribution in [3.63, 3.8) is 0 Å². The Labute approximate surface area is 171 Å². The maximum atomic E-state index is 10.3. The van der Waals surface area contributed by atoms with Crippen LogP contribution in [0.3, 0.4) is 0 Å². The molecule has 5 heteroatoms. The second-order valence-corrected chi connectivity index (χ2v) is 8.03. The van der Waals surface area contributed by atoms with E-state index in [1.165, 1.54) is 22.3 Å². The molecule has 3 N–H and O–H groups in total. The zero-order chi connectivity index (χ0) is 19.8. The van der Waals surface area contributed by atoms with E-state index in [1.54, 1.807) is 7.11 Å². The summed E-state index contributed by atoms with van der Waals surface area (Å²) in [7, 11) is 1.64. The fourth-order valence-corrected chi connectivity index (χ4v) is 4.54. The van der Waals surface area contributed by atoms with E-state index in [9.17, 15) is 5.11 Å². The molecule has 0 bridgehead atoms. The smallest absolute Gasteiger partial charge is 0.208 e. The number of aliphatic imine (C=N–C) groups is 1. The largest absolute Gasteiger partial charge is 0.512 e. The number of fused-ring (bicyclic) bond motifs is 2. The predicted molar refractivity (Wildman–Crippen MR) is 115 cm³/mol. The van der Waals surface area contributed by atoms with Crippen molar-refractivity contribution in [3.8, 4) is 0 Å². The van der Waals surface area contributed by atoms with Crippen molar-refractivity contribution in [2.75, 3.05) is 7.11 Å². The Balaban J connectivity index is 1.42. The van der Waals surface area contributed by atoms with Crippen molar-refractivity contribution in [2.45, 2.75) is 44.6 Å². The van der Waals surface area contributed by atoms with Crippen LogP contribution in [0.25, 0.3) is 0 Å². The summed E-state index contributed by atoms with van der Waals surface area (Å²) in [5.74, 6) is 1.52. The van der Waals surface area contributed by atoms with Gasteiger partial charge in [-0.3, -0.25) is 0 Å². The third-order valence-corrected chi connectivity index (χ3v) is 6.13. The number of methoxy groups -OCH3 is 1. The molecule has 5 nitrogen and oxygen atoms in total. The highest BCUT2D eigenvalue weighted by molar-refractivity contribution is 6.02. The molecule has 5 aliphatic rings. The number of allylic oxidation sites excluding steroid dienone is 10. The normalized spacial score (nSPS) is 30.9. The average Bonchev–Trinajstić information content (AvgIpc) is 2.77. The molecule has 29 heavy (non-hydrogen) atoms. The zero-order valence-electron chi connectivity index (χ0n) is 16.7. The molecule has 3 unspecified atom stereocenters. The summed E-state index contributed by atoms with van der Waals surface area (Å²) in [6.45, 7) is 0. The Bertz CT molecular complexity index is 959. The van der Waals surface area contributed by atoms with Crippen molar-refractivity contribution in [2.24, 2.45) is 10.9 Å². The standard InChI is InChI=1S/C24H27N3O2/c1-29-24-26-22(25-23(27-24)20-8-4-5-9-21(20)28)18-11-10-17-12-15-6-2-3-7-16(15)13-19(17)14-18/h3-4,7-8,11-14,17,22,24,26,28H,2,5-6,9-10H2,1H3,(H,25,27). The van der Waals surface area contributed by atoms with E-state index >= 15 is 0 Å². The van der Waals surface area contributed by atoms with Gasteiger partial charge in [-0.2, -0.15) is 0 Å². The summed E-state index contributed by atoms with van der Waals surface area (Å²) < 4.78 is 5.50. The fourth-order valence-electron chi connectivity index (χ4n) is 4.54. The number of amidine groups is 1. The Hall–Kier alpha value is -2.63. The molecule has 0 aromatic rings. The highest BCUT2D eigenvalue weighted by atomic mass is 16.5. The van der Waals surface area contributed by atoms with Gasteiger partial charge in [-0.05, 0) is 48.0 Å². The maximum absolute atomic E-state index is 10.3. The highest BCUT2D eigenvalue weighted by Gasteiger charge is 2.29. The van der Waals surface area contributed by atoms with Crippen LogP contribution in [0.4, 0.5) is 0 Å². The van der Waals surface area contributed by atoms with Gasteiger partial charge in [-0.15, -0.1) is 0 Å². The summed E-state index contributed by atoms with van der Waals surface area (Å²) in [4.78, 5) is 4.58. The quantitative estimate of drug-likeness (QED) is 0.680. The molecule has 1 heterocycles. The minimum absolute atomic E-state index is 0.123. The van der Waals surface area contributed by atoms with E-state index in [1.807, 2.05) is 6.08 Å². The Morgan fingerprint density at radius 1 is 1.10 bits per heavy atom. The molecule has 0 amide bonds. The van der Waals surface area contributed by atoms with Crippen molar-refractivity contribution < 1.29 is 9.84 Å². The molecule has 150 valence electrons. The number of ether oxygens (including phenoxy) is 1. The van der Waals surface area contributed by atoms with Crippen LogP contribution in [-0.2, 0) is 4.74 Å². The monoisotopic (exact) mass is 389 g/mol. The lowest BCUT2D eigenvalue weighted by Crippen LogP contribution is -2.56. The molecule has 0 aromatic heterocycles. The molecule has 0 aromatic carbocycles. The minimum Gasteiger partial charge on any atom is -0.512 e. The van der Waals surface area contributed by atoms with Gasteiger partial charge in [-0.25, -0.2) is 10.3 Å². The predicted octanol–water partition coefficient (Wildman–Crippen LogP) is 4.09. The molecule has 1 aliphatic heterocycles. The van der Waals surface area contributed by atoms with Gasteiger partial charge >= 0.3 is 0 Å². The van der Waals surface area contributed by atoms with E-state index in [0.717, 1.165) is 31.3 Å².